The summed E-state index contributed by atoms with van der Waals surface area (Å²) in [5.74, 6) is -0.349. The van der Waals surface area contributed by atoms with Crippen molar-refractivity contribution in [2.75, 3.05) is 27.3 Å². The number of hydrogen-bond acceptors (Lipinski definition) is 4. The van der Waals surface area contributed by atoms with Crippen molar-refractivity contribution >= 4 is 18.3 Å². The molecule has 1 fully saturated rings. The van der Waals surface area contributed by atoms with Gasteiger partial charge in [0.15, 0.2) is 0 Å². The van der Waals surface area contributed by atoms with Gasteiger partial charge in [-0.2, -0.15) is 0 Å². The number of hydrogen-bond donors (Lipinski definition) is 1. The minimum atomic E-state index is -0.463. The summed E-state index contributed by atoms with van der Waals surface area (Å²) < 4.78 is 23.9. The van der Waals surface area contributed by atoms with E-state index >= 15 is 0 Å². The van der Waals surface area contributed by atoms with Crippen molar-refractivity contribution in [1.82, 2.24) is 4.90 Å². The first-order valence-corrected chi connectivity index (χ1v) is 6.98. The molecule has 1 heterocycles. The van der Waals surface area contributed by atoms with Gasteiger partial charge in [0, 0.05) is 26.2 Å². The standard InChI is InChI=1S/C15H21FN2O3.ClH/c1-20-12-5-6-18(11(8-12)9-17)15(19)13-7-10(16)3-4-14(13)21-2;/h3-4,7,11-12H,5-6,8-9,17H2,1-2H3;1H. The Balaban J connectivity index is 0.00000242. The molecule has 0 radical (unpaired) electrons. The quantitative estimate of drug-likeness (QED) is 0.913. The topological polar surface area (TPSA) is 64.8 Å². The fraction of sp³-hybridized carbons (Fsp3) is 0.533. The van der Waals surface area contributed by atoms with Crippen LogP contribution < -0.4 is 10.5 Å². The predicted octanol–water partition coefficient (Wildman–Crippen LogP) is 1.83. The van der Waals surface area contributed by atoms with E-state index in [9.17, 15) is 9.18 Å². The van der Waals surface area contributed by atoms with Crippen LogP contribution >= 0.6 is 12.4 Å². The Labute approximate surface area is 136 Å². The molecule has 1 amide bonds. The smallest absolute Gasteiger partial charge is 0.258 e. The van der Waals surface area contributed by atoms with Crippen LogP contribution in [0.25, 0.3) is 0 Å². The van der Waals surface area contributed by atoms with Crippen LogP contribution in [-0.2, 0) is 4.74 Å². The summed E-state index contributed by atoms with van der Waals surface area (Å²) in [7, 11) is 3.12. The number of halogens is 2. The Kier molecular flexibility index (Phi) is 7.06. The summed E-state index contributed by atoms with van der Waals surface area (Å²) in [5.41, 5.74) is 6.00. The monoisotopic (exact) mass is 332 g/mol. The normalized spacial score (nSPS) is 21.2. The van der Waals surface area contributed by atoms with E-state index in [1.54, 1.807) is 12.0 Å². The van der Waals surface area contributed by atoms with Crippen LogP contribution in [0.15, 0.2) is 18.2 Å². The fourth-order valence-corrected chi connectivity index (χ4v) is 2.72. The number of amides is 1. The van der Waals surface area contributed by atoms with Gasteiger partial charge >= 0.3 is 0 Å². The van der Waals surface area contributed by atoms with Crippen LogP contribution in [0.1, 0.15) is 23.2 Å². The lowest BCUT2D eigenvalue weighted by Gasteiger charge is -2.38. The van der Waals surface area contributed by atoms with Crippen molar-refractivity contribution in [3.63, 3.8) is 0 Å². The van der Waals surface area contributed by atoms with Crippen LogP contribution in [0, 0.1) is 5.82 Å². The number of carbonyl (C=O) groups excluding carboxylic acids is 1. The predicted molar refractivity (Wildman–Crippen MR) is 84.1 cm³/mol. The molecule has 1 aromatic rings. The molecular weight excluding hydrogens is 311 g/mol. The van der Waals surface area contributed by atoms with Gasteiger partial charge < -0.3 is 20.1 Å². The molecule has 0 spiro atoms. The molecule has 5 nitrogen and oxygen atoms in total. The highest BCUT2D eigenvalue weighted by Gasteiger charge is 2.32. The first-order valence-electron chi connectivity index (χ1n) is 6.98. The van der Waals surface area contributed by atoms with Gasteiger partial charge in [-0.05, 0) is 31.0 Å². The summed E-state index contributed by atoms with van der Waals surface area (Å²) >= 11 is 0. The van der Waals surface area contributed by atoms with Gasteiger partial charge in [0.05, 0.1) is 18.8 Å². The number of ether oxygens (including phenoxy) is 2. The molecular formula is C15H22ClFN2O3. The fourth-order valence-electron chi connectivity index (χ4n) is 2.72. The molecule has 1 saturated heterocycles. The minimum absolute atomic E-state index is 0. The average Bonchev–Trinajstić information content (AvgIpc) is 2.53. The van der Waals surface area contributed by atoms with E-state index in [0.717, 1.165) is 6.42 Å². The van der Waals surface area contributed by atoms with Crippen LogP contribution in [0.4, 0.5) is 4.39 Å². The van der Waals surface area contributed by atoms with E-state index in [4.69, 9.17) is 15.2 Å². The van der Waals surface area contributed by atoms with Gasteiger partial charge in [-0.1, -0.05) is 0 Å². The molecule has 2 N–H and O–H groups in total. The number of piperidine rings is 1. The van der Waals surface area contributed by atoms with E-state index in [1.807, 2.05) is 0 Å². The molecule has 7 heteroatoms. The van der Waals surface area contributed by atoms with E-state index in [2.05, 4.69) is 0 Å². The largest absolute Gasteiger partial charge is 0.496 e. The van der Waals surface area contributed by atoms with E-state index in [0.29, 0.717) is 25.3 Å². The second kappa shape index (κ2) is 8.31. The molecule has 124 valence electrons. The van der Waals surface area contributed by atoms with E-state index < -0.39 is 5.82 Å². The van der Waals surface area contributed by atoms with Gasteiger partial charge in [-0.3, -0.25) is 4.79 Å². The maximum absolute atomic E-state index is 13.4. The number of benzene rings is 1. The third-order valence-electron chi connectivity index (χ3n) is 3.93. The lowest BCUT2D eigenvalue weighted by atomic mass is 9.98. The van der Waals surface area contributed by atoms with Gasteiger partial charge in [0.1, 0.15) is 11.6 Å². The molecule has 0 aromatic heterocycles. The van der Waals surface area contributed by atoms with Crippen LogP contribution in [0.2, 0.25) is 0 Å². The zero-order valence-corrected chi connectivity index (χ0v) is 13.6. The van der Waals surface area contributed by atoms with Gasteiger partial charge in [0.2, 0.25) is 0 Å². The van der Waals surface area contributed by atoms with Gasteiger partial charge in [-0.25, -0.2) is 4.39 Å². The zero-order valence-electron chi connectivity index (χ0n) is 12.8. The van der Waals surface area contributed by atoms with Crippen molar-refractivity contribution in [2.24, 2.45) is 5.73 Å². The van der Waals surface area contributed by atoms with Crippen molar-refractivity contribution in [3.8, 4) is 5.75 Å². The summed E-state index contributed by atoms with van der Waals surface area (Å²) in [5, 5.41) is 0. The zero-order chi connectivity index (χ0) is 15.4. The summed E-state index contributed by atoms with van der Waals surface area (Å²) in [4.78, 5) is 14.4. The third-order valence-corrected chi connectivity index (χ3v) is 3.93. The molecule has 0 bridgehead atoms. The van der Waals surface area contributed by atoms with Gasteiger partial charge in [-0.15, -0.1) is 12.4 Å². The second-order valence-corrected chi connectivity index (χ2v) is 5.11. The Morgan fingerprint density at radius 1 is 1.45 bits per heavy atom. The molecule has 22 heavy (non-hydrogen) atoms. The van der Waals surface area contributed by atoms with Crippen molar-refractivity contribution in [2.45, 2.75) is 25.0 Å². The lowest BCUT2D eigenvalue weighted by Crippen LogP contribution is -2.51. The van der Waals surface area contributed by atoms with Gasteiger partial charge in [0.25, 0.3) is 5.91 Å². The molecule has 2 rings (SSSR count). The van der Waals surface area contributed by atoms with E-state index in [1.165, 1.54) is 25.3 Å². The maximum atomic E-state index is 13.4. The molecule has 0 aliphatic carbocycles. The highest BCUT2D eigenvalue weighted by Crippen LogP contribution is 2.26. The SMILES string of the molecule is COc1ccc(F)cc1C(=O)N1CCC(OC)CC1CN.Cl. The van der Waals surface area contributed by atoms with Crippen LogP contribution in [-0.4, -0.2) is 50.3 Å². The number of nitrogens with zero attached hydrogens (tertiary/aromatic N) is 1. The Hall–Kier alpha value is -1.37. The number of nitrogens with two attached hydrogens (primary N) is 1. The summed E-state index contributed by atoms with van der Waals surface area (Å²) in [6.45, 7) is 0.891. The summed E-state index contributed by atoms with van der Waals surface area (Å²) in [6, 6.07) is 3.83. The molecule has 0 saturated carbocycles. The Morgan fingerprint density at radius 2 is 2.18 bits per heavy atom. The Bertz CT molecular complexity index is 516. The highest BCUT2D eigenvalue weighted by atomic mass is 35.5. The third kappa shape index (κ3) is 3.88. The molecule has 1 aliphatic rings. The first-order chi connectivity index (χ1) is 10.1. The Morgan fingerprint density at radius 3 is 2.77 bits per heavy atom. The van der Waals surface area contributed by atoms with E-state index in [-0.39, 0.29) is 36.0 Å². The maximum Gasteiger partial charge on any atom is 0.258 e. The number of carbonyl (C=O) groups is 1. The minimum Gasteiger partial charge on any atom is -0.496 e. The summed E-state index contributed by atoms with van der Waals surface area (Å²) in [6.07, 6.45) is 1.55. The number of likely N-dealkylation sites (tertiary alicyclic amines) is 1. The van der Waals surface area contributed by atoms with Crippen molar-refractivity contribution in [1.29, 1.82) is 0 Å². The van der Waals surface area contributed by atoms with Crippen molar-refractivity contribution < 1.29 is 18.7 Å². The molecule has 1 aliphatic heterocycles. The molecule has 2 atom stereocenters. The lowest BCUT2D eigenvalue weighted by molar-refractivity contribution is 0.0137. The average molecular weight is 333 g/mol. The van der Waals surface area contributed by atoms with Crippen LogP contribution in [0.5, 0.6) is 5.75 Å². The van der Waals surface area contributed by atoms with Crippen molar-refractivity contribution in [3.05, 3.63) is 29.6 Å². The van der Waals surface area contributed by atoms with Crippen LogP contribution in [0.3, 0.4) is 0 Å². The number of methoxy groups -OCH3 is 2. The molecule has 1 aromatic carbocycles. The first kappa shape index (κ1) is 18.7. The number of rotatable bonds is 4. The second-order valence-electron chi connectivity index (χ2n) is 5.11. The highest BCUT2D eigenvalue weighted by molar-refractivity contribution is 5.97. The molecule has 2 unspecified atom stereocenters.